The van der Waals surface area contributed by atoms with E-state index in [4.69, 9.17) is 32.7 Å². The minimum absolute atomic E-state index is 0.280. The molecule has 0 amide bonds. The highest BCUT2D eigenvalue weighted by Gasteiger charge is 2.19. The smallest absolute Gasteiger partial charge is 0.167 e. The third-order valence-corrected chi connectivity index (χ3v) is 6.18. The fourth-order valence-corrected chi connectivity index (χ4v) is 4.22. The summed E-state index contributed by atoms with van der Waals surface area (Å²) in [5, 5.41) is 4.82. The van der Waals surface area contributed by atoms with E-state index in [9.17, 15) is 0 Å². The van der Waals surface area contributed by atoms with Crippen LogP contribution in [0.1, 0.15) is 36.8 Å². The highest BCUT2D eigenvalue weighted by atomic mass is 79.9. The minimum atomic E-state index is 0.280. The molecule has 0 unspecified atom stereocenters. The predicted molar refractivity (Wildman–Crippen MR) is 111 cm³/mol. The van der Waals surface area contributed by atoms with Gasteiger partial charge in [0.25, 0.3) is 0 Å². The van der Waals surface area contributed by atoms with Gasteiger partial charge in [-0.05, 0) is 37.1 Å². The number of hydrogen-bond acceptors (Lipinski definition) is 3. The van der Waals surface area contributed by atoms with Crippen molar-refractivity contribution >= 4 is 39.1 Å². The molecule has 1 saturated carbocycles. The monoisotopic (exact) mass is 457 g/mol. The lowest BCUT2D eigenvalue weighted by atomic mass is 10.1. The molecule has 0 spiro atoms. The summed E-state index contributed by atoms with van der Waals surface area (Å²) < 4.78 is 12.7. The van der Waals surface area contributed by atoms with Gasteiger partial charge in [-0.15, -0.1) is 0 Å². The van der Waals surface area contributed by atoms with Crippen molar-refractivity contribution in [1.29, 1.82) is 0 Å². The topological polar surface area (TPSA) is 30.5 Å². The van der Waals surface area contributed by atoms with Gasteiger partial charge in [-0.1, -0.05) is 58.0 Å². The van der Waals surface area contributed by atoms with Crippen LogP contribution in [-0.2, 0) is 13.2 Å². The molecule has 140 valence electrons. The molecule has 0 heterocycles. The van der Waals surface area contributed by atoms with Crippen LogP contribution in [0, 0.1) is 0 Å². The lowest BCUT2D eigenvalue weighted by molar-refractivity contribution is 0.280. The Bertz CT molecular complexity index is 743. The third-order valence-electron chi connectivity index (χ3n) is 4.73. The Labute approximate surface area is 173 Å². The van der Waals surface area contributed by atoms with E-state index >= 15 is 0 Å². The van der Waals surface area contributed by atoms with E-state index < -0.39 is 0 Å². The molecule has 6 heteroatoms. The largest absolute Gasteiger partial charge is 0.493 e. The van der Waals surface area contributed by atoms with Crippen molar-refractivity contribution in [2.75, 3.05) is 7.11 Å². The maximum atomic E-state index is 6.27. The Morgan fingerprint density at radius 2 is 1.77 bits per heavy atom. The summed E-state index contributed by atoms with van der Waals surface area (Å²) in [6, 6.07) is 9.90. The second-order valence-electron chi connectivity index (χ2n) is 6.41. The molecule has 1 aliphatic carbocycles. The maximum Gasteiger partial charge on any atom is 0.167 e. The average molecular weight is 459 g/mol. The molecule has 1 N–H and O–H groups in total. The van der Waals surface area contributed by atoms with Crippen LogP contribution in [0.5, 0.6) is 11.5 Å². The van der Waals surface area contributed by atoms with E-state index in [-0.39, 0.29) is 6.61 Å². The second-order valence-corrected chi connectivity index (χ2v) is 8.08. The van der Waals surface area contributed by atoms with E-state index in [0.717, 1.165) is 15.6 Å². The Balaban J connectivity index is 1.82. The normalized spacial score (nSPS) is 14.6. The highest BCUT2D eigenvalue weighted by Crippen LogP contribution is 2.38. The van der Waals surface area contributed by atoms with E-state index in [1.165, 1.54) is 25.7 Å². The van der Waals surface area contributed by atoms with Crippen molar-refractivity contribution in [2.45, 2.75) is 44.9 Å². The number of ether oxygens (including phenoxy) is 2. The SMILES string of the molecule is COc1ccc(Br)c(CNC2CCCC2)c1OCc1c(Cl)cccc1Cl. The number of rotatable bonds is 7. The van der Waals surface area contributed by atoms with Gasteiger partial charge in [0, 0.05) is 38.2 Å². The van der Waals surface area contributed by atoms with Crippen molar-refractivity contribution in [3.63, 3.8) is 0 Å². The molecule has 0 saturated heterocycles. The molecular formula is C20H22BrCl2NO2. The van der Waals surface area contributed by atoms with Crippen LogP contribution in [-0.4, -0.2) is 13.2 Å². The number of hydrogen-bond donors (Lipinski definition) is 1. The van der Waals surface area contributed by atoms with Gasteiger partial charge < -0.3 is 14.8 Å². The number of benzene rings is 2. The molecular weight excluding hydrogens is 437 g/mol. The molecule has 0 bridgehead atoms. The van der Waals surface area contributed by atoms with Crippen LogP contribution in [0.15, 0.2) is 34.8 Å². The first kappa shape index (κ1) is 19.8. The molecule has 2 aromatic rings. The fourth-order valence-electron chi connectivity index (χ4n) is 3.26. The van der Waals surface area contributed by atoms with Gasteiger partial charge in [-0.3, -0.25) is 0 Å². The van der Waals surface area contributed by atoms with Crippen LogP contribution in [0.25, 0.3) is 0 Å². The van der Waals surface area contributed by atoms with Gasteiger partial charge >= 0.3 is 0 Å². The first-order chi connectivity index (χ1) is 12.6. The lowest BCUT2D eigenvalue weighted by Gasteiger charge is -2.19. The Morgan fingerprint density at radius 3 is 2.42 bits per heavy atom. The first-order valence-corrected chi connectivity index (χ1v) is 10.3. The summed E-state index contributed by atoms with van der Waals surface area (Å²) in [6.45, 7) is 0.996. The molecule has 0 aromatic heterocycles. The number of methoxy groups -OCH3 is 1. The van der Waals surface area contributed by atoms with Gasteiger partial charge in [-0.25, -0.2) is 0 Å². The van der Waals surface area contributed by atoms with Crippen LogP contribution in [0.4, 0.5) is 0 Å². The van der Waals surface area contributed by atoms with Gasteiger partial charge in [0.2, 0.25) is 0 Å². The van der Waals surface area contributed by atoms with E-state index in [2.05, 4.69) is 21.2 Å². The molecule has 3 nitrogen and oxygen atoms in total. The molecule has 0 radical (unpaired) electrons. The standard InChI is InChI=1S/C20H22BrCl2NO2/c1-25-19-10-9-16(21)14(11-24-13-5-2-3-6-13)20(19)26-12-15-17(22)7-4-8-18(15)23/h4,7-10,13,24H,2-3,5-6,11-12H2,1H3. The molecule has 26 heavy (non-hydrogen) atoms. The zero-order valence-electron chi connectivity index (χ0n) is 14.7. The summed E-state index contributed by atoms with van der Waals surface area (Å²) in [7, 11) is 1.65. The van der Waals surface area contributed by atoms with Crippen LogP contribution in [0.2, 0.25) is 10.0 Å². The number of halogens is 3. The van der Waals surface area contributed by atoms with Crippen molar-refractivity contribution in [1.82, 2.24) is 5.32 Å². The average Bonchev–Trinajstić information content (AvgIpc) is 3.14. The summed E-state index contributed by atoms with van der Waals surface area (Å²) in [6.07, 6.45) is 5.05. The van der Waals surface area contributed by atoms with Crippen LogP contribution in [0.3, 0.4) is 0 Å². The first-order valence-electron chi connectivity index (χ1n) is 8.74. The Hall–Kier alpha value is -0.940. The van der Waals surface area contributed by atoms with Crippen LogP contribution >= 0.6 is 39.1 Å². The minimum Gasteiger partial charge on any atom is -0.493 e. The predicted octanol–water partition coefficient (Wildman–Crippen LogP) is 6.38. The Kier molecular flexibility index (Phi) is 7.10. The zero-order valence-corrected chi connectivity index (χ0v) is 17.8. The van der Waals surface area contributed by atoms with E-state index in [0.29, 0.717) is 34.1 Å². The zero-order chi connectivity index (χ0) is 18.5. The summed E-state index contributed by atoms with van der Waals surface area (Å²) >= 11 is 16.2. The van der Waals surface area contributed by atoms with Crippen molar-refractivity contribution < 1.29 is 9.47 Å². The van der Waals surface area contributed by atoms with E-state index in [1.54, 1.807) is 7.11 Å². The quantitative estimate of drug-likeness (QED) is 0.522. The second kappa shape index (κ2) is 9.32. The highest BCUT2D eigenvalue weighted by molar-refractivity contribution is 9.10. The fraction of sp³-hybridized carbons (Fsp3) is 0.400. The van der Waals surface area contributed by atoms with E-state index in [1.807, 2.05) is 30.3 Å². The van der Waals surface area contributed by atoms with Gasteiger partial charge in [0.15, 0.2) is 11.5 Å². The Morgan fingerprint density at radius 1 is 1.08 bits per heavy atom. The summed E-state index contributed by atoms with van der Waals surface area (Å²) in [5.74, 6) is 1.41. The van der Waals surface area contributed by atoms with Crippen molar-refractivity contribution in [3.8, 4) is 11.5 Å². The van der Waals surface area contributed by atoms with Gasteiger partial charge in [0.1, 0.15) is 6.61 Å². The third kappa shape index (κ3) is 4.66. The van der Waals surface area contributed by atoms with Gasteiger partial charge in [-0.2, -0.15) is 0 Å². The van der Waals surface area contributed by atoms with Gasteiger partial charge in [0.05, 0.1) is 7.11 Å². The lowest BCUT2D eigenvalue weighted by Crippen LogP contribution is -2.25. The molecule has 0 aliphatic heterocycles. The molecule has 1 aliphatic rings. The van der Waals surface area contributed by atoms with Crippen molar-refractivity contribution in [3.05, 3.63) is 56.0 Å². The summed E-state index contributed by atoms with van der Waals surface area (Å²) in [5.41, 5.74) is 1.81. The maximum absolute atomic E-state index is 6.27. The molecule has 1 fully saturated rings. The van der Waals surface area contributed by atoms with Crippen LogP contribution < -0.4 is 14.8 Å². The molecule has 0 atom stereocenters. The van der Waals surface area contributed by atoms with Crippen molar-refractivity contribution in [2.24, 2.45) is 0 Å². The number of nitrogens with one attached hydrogen (secondary N) is 1. The molecule has 2 aromatic carbocycles. The molecule has 3 rings (SSSR count). The summed E-state index contributed by atoms with van der Waals surface area (Å²) in [4.78, 5) is 0.